The topological polar surface area (TPSA) is 38.3 Å². The Morgan fingerprint density at radius 1 is 1.50 bits per heavy atom. The summed E-state index contributed by atoms with van der Waals surface area (Å²) in [5.74, 6) is -0.636. The van der Waals surface area contributed by atoms with E-state index in [1.165, 1.54) is 19.1 Å². The van der Waals surface area contributed by atoms with Crippen LogP contribution in [0.1, 0.15) is 51.2 Å². The van der Waals surface area contributed by atoms with Gasteiger partial charge in [-0.2, -0.15) is 0 Å². The van der Waals surface area contributed by atoms with Crippen molar-refractivity contribution < 1.29 is 13.9 Å². The predicted molar refractivity (Wildman–Crippen MR) is 75.8 cm³/mol. The summed E-state index contributed by atoms with van der Waals surface area (Å²) >= 11 is 0. The van der Waals surface area contributed by atoms with Crippen molar-refractivity contribution in [2.75, 3.05) is 0 Å². The molecule has 1 aliphatic rings. The number of ether oxygens (including phenoxy) is 1. The normalized spacial score (nSPS) is 23.6. The highest BCUT2D eigenvalue weighted by Gasteiger charge is 2.32. The van der Waals surface area contributed by atoms with Crippen molar-refractivity contribution in [3.05, 3.63) is 35.6 Å². The second kappa shape index (κ2) is 6.84. The van der Waals surface area contributed by atoms with Crippen LogP contribution in [0, 0.1) is 5.82 Å². The van der Waals surface area contributed by atoms with Crippen LogP contribution >= 0.6 is 0 Å². The monoisotopic (exact) mass is 279 g/mol. The minimum Gasteiger partial charge on any atom is -0.456 e. The van der Waals surface area contributed by atoms with Crippen molar-refractivity contribution in [2.24, 2.45) is 0 Å². The molecule has 2 rings (SSSR count). The van der Waals surface area contributed by atoms with Gasteiger partial charge in [-0.05, 0) is 37.0 Å². The summed E-state index contributed by atoms with van der Waals surface area (Å²) in [6.45, 7) is 3.55. The molecule has 3 atom stereocenters. The summed E-state index contributed by atoms with van der Waals surface area (Å²) in [4.78, 5) is 11.3. The molecule has 1 heterocycles. The number of halogens is 1. The Labute approximate surface area is 119 Å². The van der Waals surface area contributed by atoms with Crippen LogP contribution in [-0.4, -0.2) is 18.1 Å². The van der Waals surface area contributed by atoms with E-state index in [4.69, 9.17) is 4.74 Å². The van der Waals surface area contributed by atoms with E-state index in [2.05, 4.69) is 12.2 Å². The van der Waals surface area contributed by atoms with E-state index in [1.807, 2.05) is 6.07 Å². The molecule has 0 aromatic heterocycles. The van der Waals surface area contributed by atoms with E-state index in [0.717, 1.165) is 31.2 Å². The van der Waals surface area contributed by atoms with Gasteiger partial charge in [0.15, 0.2) is 0 Å². The van der Waals surface area contributed by atoms with Crippen molar-refractivity contribution in [2.45, 2.75) is 57.7 Å². The fraction of sp³-hybridized carbons (Fsp3) is 0.562. The van der Waals surface area contributed by atoms with Gasteiger partial charge in [0.1, 0.15) is 11.9 Å². The molecular weight excluding hydrogens is 257 g/mol. The average Bonchev–Trinajstić information content (AvgIpc) is 2.84. The van der Waals surface area contributed by atoms with Crippen molar-refractivity contribution >= 4 is 5.97 Å². The van der Waals surface area contributed by atoms with Crippen LogP contribution in [-0.2, 0) is 9.53 Å². The van der Waals surface area contributed by atoms with E-state index in [0.29, 0.717) is 6.04 Å². The van der Waals surface area contributed by atoms with Gasteiger partial charge in [-0.3, -0.25) is 4.79 Å². The van der Waals surface area contributed by atoms with Crippen LogP contribution in [0.3, 0.4) is 0 Å². The number of carbonyl (C=O) groups is 1. The molecule has 0 spiro atoms. The fourth-order valence-corrected chi connectivity index (χ4v) is 2.91. The Balaban J connectivity index is 2.14. The Bertz CT molecular complexity index is 464. The smallest absolute Gasteiger partial charge is 0.303 e. The highest BCUT2D eigenvalue weighted by atomic mass is 19.1. The zero-order chi connectivity index (χ0) is 14.5. The van der Waals surface area contributed by atoms with Gasteiger partial charge in [-0.25, -0.2) is 4.39 Å². The molecule has 1 N–H and O–H groups in total. The second-order valence-corrected chi connectivity index (χ2v) is 5.42. The van der Waals surface area contributed by atoms with E-state index < -0.39 is 6.10 Å². The molecule has 1 aromatic carbocycles. The number of esters is 1. The summed E-state index contributed by atoms with van der Waals surface area (Å²) < 4.78 is 18.8. The first-order valence-corrected chi connectivity index (χ1v) is 7.29. The number of rotatable bonds is 5. The largest absolute Gasteiger partial charge is 0.456 e. The summed E-state index contributed by atoms with van der Waals surface area (Å²) in [5, 5.41) is 3.52. The first-order chi connectivity index (χ1) is 9.60. The predicted octanol–water partition coefficient (Wildman–Crippen LogP) is 3.35. The van der Waals surface area contributed by atoms with Gasteiger partial charge in [-0.1, -0.05) is 25.5 Å². The van der Waals surface area contributed by atoms with E-state index in [1.54, 1.807) is 6.07 Å². The van der Waals surface area contributed by atoms with Crippen molar-refractivity contribution in [3.8, 4) is 0 Å². The molecule has 1 unspecified atom stereocenters. The third-order valence-electron chi connectivity index (χ3n) is 3.75. The third kappa shape index (κ3) is 3.79. The fourth-order valence-electron chi connectivity index (χ4n) is 2.91. The summed E-state index contributed by atoms with van der Waals surface area (Å²) in [5.41, 5.74) is 0.717. The van der Waals surface area contributed by atoms with Crippen LogP contribution in [0.4, 0.5) is 4.39 Å². The summed E-state index contributed by atoms with van der Waals surface area (Å²) in [6.07, 6.45) is 3.85. The van der Waals surface area contributed by atoms with Gasteiger partial charge in [0, 0.05) is 19.0 Å². The minimum atomic E-state index is -0.412. The number of hydrogen-bond donors (Lipinski definition) is 1. The zero-order valence-electron chi connectivity index (χ0n) is 12.1. The Morgan fingerprint density at radius 2 is 2.30 bits per heavy atom. The molecule has 110 valence electrons. The first kappa shape index (κ1) is 15.0. The Morgan fingerprint density at radius 3 is 2.95 bits per heavy atom. The van der Waals surface area contributed by atoms with E-state index >= 15 is 0 Å². The highest BCUT2D eigenvalue weighted by molar-refractivity contribution is 5.66. The third-order valence-corrected chi connectivity index (χ3v) is 3.75. The number of benzene rings is 1. The van der Waals surface area contributed by atoms with Crippen molar-refractivity contribution in [3.63, 3.8) is 0 Å². The quantitative estimate of drug-likeness (QED) is 0.840. The number of nitrogens with one attached hydrogen (secondary N) is 1. The molecule has 1 saturated heterocycles. The van der Waals surface area contributed by atoms with Gasteiger partial charge < -0.3 is 10.1 Å². The number of carbonyl (C=O) groups excluding carboxylic acids is 1. The van der Waals surface area contributed by atoms with Gasteiger partial charge >= 0.3 is 5.97 Å². The molecular formula is C16H22FNO2. The lowest BCUT2D eigenvalue weighted by Crippen LogP contribution is -2.35. The molecule has 0 saturated carbocycles. The van der Waals surface area contributed by atoms with Crippen LogP contribution in [0.5, 0.6) is 0 Å². The molecule has 0 amide bonds. The maximum absolute atomic E-state index is 13.4. The lowest BCUT2D eigenvalue weighted by Gasteiger charge is -2.25. The first-order valence-electron chi connectivity index (χ1n) is 7.29. The molecule has 3 nitrogen and oxygen atoms in total. The SMILES string of the molecule is CCC[C@@H]1CC[C@H](C(OC(C)=O)c2cccc(F)c2)N1. The standard InChI is InChI=1S/C16H22FNO2/c1-3-5-14-8-9-15(18-14)16(20-11(2)19)12-6-4-7-13(17)10-12/h4,6-7,10,14-16,18H,3,5,8-9H2,1-2H3/t14-,15-,16?/m1/s1. The highest BCUT2D eigenvalue weighted by Crippen LogP contribution is 2.30. The van der Waals surface area contributed by atoms with Gasteiger partial charge in [0.25, 0.3) is 0 Å². The second-order valence-electron chi connectivity index (χ2n) is 5.42. The van der Waals surface area contributed by atoms with Crippen LogP contribution in [0.25, 0.3) is 0 Å². The van der Waals surface area contributed by atoms with Crippen molar-refractivity contribution in [1.82, 2.24) is 5.32 Å². The molecule has 0 bridgehead atoms. The lowest BCUT2D eigenvalue weighted by atomic mass is 10.0. The number of hydrogen-bond acceptors (Lipinski definition) is 3. The summed E-state index contributed by atoms with van der Waals surface area (Å²) in [6, 6.07) is 6.85. The lowest BCUT2D eigenvalue weighted by molar-refractivity contribution is -0.148. The van der Waals surface area contributed by atoms with E-state index in [-0.39, 0.29) is 17.8 Å². The van der Waals surface area contributed by atoms with Gasteiger partial charge in [0.05, 0.1) is 0 Å². The van der Waals surface area contributed by atoms with Crippen LogP contribution < -0.4 is 5.32 Å². The zero-order valence-corrected chi connectivity index (χ0v) is 12.1. The molecule has 4 heteroatoms. The van der Waals surface area contributed by atoms with Gasteiger partial charge in [-0.15, -0.1) is 0 Å². The van der Waals surface area contributed by atoms with E-state index in [9.17, 15) is 9.18 Å². The Kier molecular flexibility index (Phi) is 5.12. The maximum Gasteiger partial charge on any atom is 0.303 e. The molecule has 1 aromatic rings. The van der Waals surface area contributed by atoms with Gasteiger partial charge in [0.2, 0.25) is 0 Å². The molecule has 20 heavy (non-hydrogen) atoms. The summed E-state index contributed by atoms with van der Waals surface area (Å²) in [7, 11) is 0. The maximum atomic E-state index is 13.4. The molecule has 0 aliphatic carbocycles. The Hall–Kier alpha value is -1.42. The molecule has 1 fully saturated rings. The van der Waals surface area contributed by atoms with Crippen LogP contribution in [0.2, 0.25) is 0 Å². The van der Waals surface area contributed by atoms with Crippen LogP contribution in [0.15, 0.2) is 24.3 Å². The average molecular weight is 279 g/mol. The minimum absolute atomic E-state index is 0.0669. The molecule has 0 radical (unpaired) electrons. The molecule has 1 aliphatic heterocycles. The van der Waals surface area contributed by atoms with Crippen molar-refractivity contribution in [1.29, 1.82) is 0 Å².